The summed E-state index contributed by atoms with van der Waals surface area (Å²) in [6.07, 6.45) is 0. The number of hydrogen-bond donors (Lipinski definition) is 2. The summed E-state index contributed by atoms with van der Waals surface area (Å²) in [5.41, 5.74) is 6.01. The minimum absolute atomic E-state index is 0.00103. The van der Waals surface area contributed by atoms with Gasteiger partial charge in [-0.1, -0.05) is 23.8 Å². The Morgan fingerprint density at radius 2 is 2.00 bits per heavy atom. The average molecular weight is 290 g/mol. The van der Waals surface area contributed by atoms with Crippen LogP contribution in [0.5, 0.6) is 0 Å². The number of hydrazine groups is 1. The van der Waals surface area contributed by atoms with Gasteiger partial charge in [-0.15, -0.1) is 11.8 Å². The lowest BCUT2D eigenvalue weighted by atomic mass is 10.0. The van der Waals surface area contributed by atoms with Crippen molar-refractivity contribution in [3.05, 3.63) is 65.0 Å². The summed E-state index contributed by atoms with van der Waals surface area (Å²) in [5, 5.41) is 0. The Morgan fingerprint density at radius 3 is 2.65 bits per heavy atom. The molecule has 0 heterocycles. The molecule has 1 atom stereocenters. The monoisotopic (exact) mass is 290 g/mol. The molecule has 1 unspecified atom stereocenters. The zero-order valence-electron chi connectivity index (χ0n) is 11.7. The van der Waals surface area contributed by atoms with E-state index in [2.05, 4.69) is 30.5 Å². The number of aryl methyl sites for hydroxylation is 2. The van der Waals surface area contributed by atoms with Gasteiger partial charge in [-0.05, 0) is 49.2 Å². The largest absolute Gasteiger partial charge is 0.271 e. The number of benzene rings is 2. The van der Waals surface area contributed by atoms with Gasteiger partial charge in [0.1, 0.15) is 5.82 Å². The first-order valence-electron chi connectivity index (χ1n) is 6.52. The van der Waals surface area contributed by atoms with E-state index in [1.54, 1.807) is 17.8 Å². The van der Waals surface area contributed by atoms with Gasteiger partial charge in [0.05, 0.1) is 6.04 Å². The second-order valence-corrected chi connectivity index (χ2v) is 5.94. The van der Waals surface area contributed by atoms with E-state index in [0.717, 1.165) is 16.9 Å². The van der Waals surface area contributed by atoms with Gasteiger partial charge in [-0.25, -0.2) is 4.39 Å². The van der Waals surface area contributed by atoms with Gasteiger partial charge in [-0.3, -0.25) is 11.3 Å². The Balaban J connectivity index is 2.09. The molecule has 2 aromatic carbocycles. The number of halogens is 1. The lowest BCUT2D eigenvalue weighted by Crippen LogP contribution is -2.30. The molecule has 4 heteroatoms. The van der Waals surface area contributed by atoms with Crippen LogP contribution in [0.1, 0.15) is 22.7 Å². The zero-order valence-corrected chi connectivity index (χ0v) is 12.5. The quantitative estimate of drug-likeness (QED) is 0.500. The molecule has 0 aromatic heterocycles. The first-order chi connectivity index (χ1) is 9.60. The van der Waals surface area contributed by atoms with E-state index in [-0.39, 0.29) is 11.9 Å². The van der Waals surface area contributed by atoms with Crippen molar-refractivity contribution in [1.82, 2.24) is 5.43 Å². The zero-order chi connectivity index (χ0) is 14.5. The third-order valence-corrected chi connectivity index (χ3v) is 4.30. The summed E-state index contributed by atoms with van der Waals surface area (Å²) >= 11 is 1.74. The van der Waals surface area contributed by atoms with Gasteiger partial charge < -0.3 is 0 Å². The molecule has 106 valence electrons. The fraction of sp³-hybridized carbons (Fsp3) is 0.250. The highest BCUT2D eigenvalue weighted by molar-refractivity contribution is 7.99. The molecule has 3 N–H and O–H groups in total. The molecule has 0 aliphatic carbocycles. The highest BCUT2D eigenvalue weighted by Gasteiger charge is 2.13. The van der Waals surface area contributed by atoms with E-state index in [0.29, 0.717) is 0 Å². The lowest BCUT2D eigenvalue weighted by Gasteiger charge is -2.18. The van der Waals surface area contributed by atoms with Crippen molar-refractivity contribution in [3.8, 4) is 0 Å². The summed E-state index contributed by atoms with van der Waals surface area (Å²) in [6.45, 7) is 3.98. The maximum absolute atomic E-state index is 13.2. The van der Waals surface area contributed by atoms with E-state index < -0.39 is 0 Å². The Bertz CT molecular complexity index is 586. The molecule has 20 heavy (non-hydrogen) atoms. The van der Waals surface area contributed by atoms with Crippen LogP contribution < -0.4 is 11.3 Å². The van der Waals surface area contributed by atoms with Crippen molar-refractivity contribution in [2.24, 2.45) is 5.84 Å². The van der Waals surface area contributed by atoms with E-state index in [1.165, 1.54) is 22.6 Å². The molecule has 2 aromatic rings. The van der Waals surface area contributed by atoms with Crippen LogP contribution in [0.2, 0.25) is 0 Å². The highest BCUT2D eigenvalue weighted by atomic mass is 32.2. The molecule has 0 aliphatic rings. The summed E-state index contributed by atoms with van der Waals surface area (Å²) in [4.78, 5) is 1.21. The van der Waals surface area contributed by atoms with Gasteiger partial charge in [0.25, 0.3) is 0 Å². The standard InChI is InChI=1S/C16H19FN2S/c1-11-4-3-5-14(8-11)20-10-16(19-18)15-7-6-13(17)9-12(15)2/h3-9,16,19H,10,18H2,1-2H3. The van der Waals surface area contributed by atoms with E-state index in [4.69, 9.17) is 5.84 Å². The first kappa shape index (κ1) is 15.0. The predicted molar refractivity (Wildman–Crippen MR) is 83.1 cm³/mol. The number of rotatable bonds is 5. The molecular formula is C16H19FN2S. The highest BCUT2D eigenvalue weighted by Crippen LogP contribution is 2.26. The molecule has 0 bridgehead atoms. The SMILES string of the molecule is Cc1cccc(SCC(NN)c2ccc(F)cc2C)c1. The van der Waals surface area contributed by atoms with Crippen LogP contribution in [0.4, 0.5) is 4.39 Å². The number of nitrogens with two attached hydrogens (primary N) is 1. The summed E-state index contributed by atoms with van der Waals surface area (Å²) in [5.74, 6) is 6.23. The van der Waals surface area contributed by atoms with Crippen molar-refractivity contribution < 1.29 is 4.39 Å². The second-order valence-electron chi connectivity index (χ2n) is 4.85. The first-order valence-corrected chi connectivity index (χ1v) is 7.50. The van der Waals surface area contributed by atoms with Gasteiger partial charge in [0, 0.05) is 10.6 Å². The van der Waals surface area contributed by atoms with Crippen LogP contribution in [0.15, 0.2) is 47.4 Å². The average Bonchev–Trinajstić information content (AvgIpc) is 2.41. The lowest BCUT2D eigenvalue weighted by molar-refractivity contribution is 0.597. The molecule has 0 radical (unpaired) electrons. The van der Waals surface area contributed by atoms with Crippen molar-refractivity contribution in [1.29, 1.82) is 0 Å². The third kappa shape index (κ3) is 3.82. The Labute approximate surface area is 123 Å². The summed E-state index contributed by atoms with van der Waals surface area (Å²) in [7, 11) is 0. The van der Waals surface area contributed by atoms with E-state index in [1.807, 2.05) is 13.0 Å². The molecule has 0 saturated carbocycles. The summed E-state index contributed by atoms with van der Waals surface area (Å²) in [6, 6.07) is 13.2. The Morgan fingerprint density at radius 1 is 1.20 bits per heavy atom. The molecule has 0 aliphatic heterocycles. The van der Waals surface area contributed by atoms with Crippen LogP contribution in [-0.4, -0.2) is 5.75 Å². The normalized spacial score (nSPS) is 12.4. The Hall–Kier alpha value is -1.36. The third-order valence-electron chi connectivity index (χ3n) is 3.21. The smallest absolute Gasteiger partial charge is 0.123 e. The second kappa shape index (κ2) is 6.88. The topological polar surface area (TPSA) is 38.0 Å². The van der Waals surface area contributed by atoms with E-state index >= 15 is 0 Å². The molecule has 0 amide bonds. The molecule has 2 nitrogen and oxygen atoms in total. The minimum atomic E-state index is -0.214. The number of thioether (sulfide) groups is 1. The van der Waals surface area contributed by atoms with Crippen LogP contribution in [0.3, 0.4) is 0 Å². The maximum Gasteiger partial charge on any atom is 0.123 e. The fourth-order valence-electron chi connectivity index (χ4n) is 2.14. The molecule has 0 saturated heterocycles. The van der Waals surface area contributed by atoms with Gasteiger partial charge in [-0.2, -0.15) is 0 Å². The Kier molecular flexibility index (Phi) is 5.17. The van der Waals surface area contributed by atoms with Crippen LogP contribution in [0, 0.1) is 19.7 Å². The summed E-state index contributed by atoms with van der Waals surface area (Å²) < 4.78 is 13.2. The van der Waals surface area contributed by atoms with E-state index in [9.17, 15) is 4.39 Å². The van der Waals surface area contributed by atoms with Gasteiger partial charge in [0.2, 0.25) is 0 Å². The van der Waals surface area contributed by atoms with Crippen LogP contribution in [-0.2, 0) is 0 Å². The van der Waals surface area contributed by atoms with Gasteiger partial charge in [0.15, 0.2) is 0 Å². The number of nitrogens with one attached hydrogen (secondary N) is 1. The number of hydrogen-bond acceptors (Lipinski definition) is 3. The molecule has 0 fully saturated rings. The fourth-order valence-corrected chi connectivity index (χ4v) is 3.22. The molecule has 0 spiro atoms. The molecule has 2 rings (SSSR count). The predicted octanol–water partition coefficient (Wildman–Crippen LogP) is 3.74. The van der Waals surface area contributed by atoms with Gasteiger partial charge >= 0.3 is 0 Å². The van der Waals surface area contributed by atoms with Crippen molar-refractivity contribution in [2.45, 2.75) is 24.8 Å². The molecular weight excluding hydrogens is 271 g/mol. The van der Waals surface area contributed by atoms with Crippen LogP contribution in [0.25, 0.3) is 0 Å². The van der Waals surface area contributed by atoms with Crippen molar-refractivity contribution in [3.63, 3.8) is 0 Å². The van der Waals surface area contributed by atoms with Crippen LogP contribution >= 0.6 is 11.8 Å². The van der Waals surface area contributed by atoms with Crippen molar-refractivity contribution >= 4 is 11.8 Å². The minimum Gasteiger partial charge on any atom is -0.271 e. The van der Waals surface area contributed by atoms with Crippen molar-refractivity contribution in [2.75, 3.05) is 5.75 Å². The maximum atomic E-state index is 13.2.